The van der Waals surface area contributed by atoms with Gasteiger partial charge in [0.1, 0.15) is 5.00 Å². The van der Waals surface area contributed by atoms with Gasteiger partial charge in [-0.05, 0) is 28.1 Å². The van der Waals surface area contributed by atoms with Crippen molar-refractivity contribution in [2.24, 2.45) is 0 Å². The molecule has 0 saturated heterocycles. The van der Waals surface area contributed by atoms with Crippen LogP contribution in [0.15, 0.2) is 22.7 Å². The van der Waals surface area contributed by atoms with Gasteiger partial charge in [0, 0.05) is 9.86 Å². The molecule has 0 bridgehead atoms. The maximum atomic E-state index is 5.81. The Bertz CT molecular complexity index is 452. The quantitative estimate of drug-likeness (QED) is 0.852. The van der Waals surface area contributed by atoms with Crippen molar-refractivity contribution in [3.05, 3.63) is 22.7 Å². The topological polar surface area (TPSA) is 35.2 Å². The minimum atomic E-state index is 0.726. The fraction of sp³-hybridized carbons (Fsp3) is 0.111. The van der Waals surface area contributed by atoms with E-state index < -0.39 is 0 Å². The van der Waals surface area contributed by atoms with E-state index in [2.05, 4.69) is 15.9 Å². The molecule has 0 aliphatic heterocycles. The molecule has 1 aromatic heterocycles. The van der Waals surface area contributed by atoms with Crippen LogP contribution in [-0.2, 0) is 0 Å². The zero-order chi connectivity index (χ0) is 9.42. The number of anilines is 1. The number of benzene rings is 1. The SMILES string of the molecule is COc1c(N)sc2c(Br)cccc12. The molecular formula is C9H8BrNOS. The molecule has 2 nitrogen and oxygen atoms in total. The van der Waals surface area contributed by atoms with Crippen LogP contribution in [0.3, 0.4) is 0 Å². The first-order valence-electron chi connectivity index (χ1n) is 3.74. The summed E-state index contributed by atoms with van der Waals surface area (Å²) in [6.07, 6.45) is 0. The average Bonchev–Trinajstić information content (AvgIpc) is 2.43. The molecule has 0 aliphatic rings. The van der Waals surface area contributed by atoms with E-state index in [0.717, 1.165) is 25.3 Å². The van der Waals surface area contributed by atoms with Gasteiger partial charge in [0.05, 0.1) is 11.8 Å². The minimum absolute atomic E-state index is 0.726. The molecule has 2 aromatic rings. The monoisotopic (exact) mass is 257 g/mol. The number of ether oxygens (including phenoxy) is 1. The van der Waals surface area contributed by atoms with Crippen molar-refractivity contribution in [1.82, 2.24) is 0 Å². The molecule has 0 fully saturated rings. The Labute approximate surface area is 88.4 Å². The molecule has 0 atom stereocenters. The highest BCUT2D eigenvalue weighted by molar-refractivity contribution is 9.10. The van der Waals surface area contributed by atoms with Gasteiger partial charge in [-0.3, -0.25) is 0 Å². The van der Waals surface area contributed by atoms with Gasteiger partial charge in [0.2, 0.25) is 0 Å². The van der Waals surface area contributed by atoms with Gasteiger partial charge >= 0.3 is 0 Å². The smallest absolute Gasteiger partial charge is 0.160 e. The number of hydrogen-bond donors (Lipinski definition) is 1. The zero-order valence-electron chi connectivity index (χ0n) is 7.00. The third kappa shape index (κ3) is 1.30. The maximum Gasteiger partial charge on any atom is 0.160 e. The summed E-state index contributed by atoms with van der Waals surface area (Å²) < 4.78 is 7.41. The highest BCUT2D eigenvalue weighted by Crippen LogP contribution is 2.42. The first-order valence-corrected chi connectivity index (χ1v) is 5.35. The Kier molecular flexibility index (Phi) is 2.17. The van der Waals surface area contributed by atoms with Crippen LogP contribution < -0.4 is 10.5 Å². The zero-order valence-corrected chi connectivity index (χ0v) is 9.41. The summed E-state index contributed by atoms with van der Waals surface area (Å²) in [6, 6.07) is 5.98. The lowest BCUT2D eigenvalue weighted by Gasteiger charge is -1.97. The van der Waals surface area contributed by atoms with Gasteiger partial charge < -0.3 is 10.5 Å². The number of methoxy groups -OCH3 is 1. The maximum absolute atomic E-state index is 5.81. The lowest BCUT2D eigenvalue weighted by atomic mass is 10.2. The second kappa shape index (κ2) is 3.20. The molecule has 2 rings (SSSR count). The molecular weight excluding hydrogens is 250 g/mol. The van der Waals surface area contributed by atoms with Crippen molar-refractivity contribution in [3.8, 4) is 5.75 Å². The molecule has 1 aromatic carbocycles. The third-order valence-electron chi connectivity index (χ3n) is 1.85. The largest absolute Gasteiger partial charge is 0.493 e. The van der Waals surface area contributed by atoms with Crippen LogP contribution in [0.5, 0.6) is 5.75 Å². The molecule has 13 heavy (non-hydrogen) atoms. The van der Waals surface area contributed by atoms with E-state index in [4.69, 9.17) is 10.5 Å². The number of nitrogen functional groups attached to an aromatic ring is 1. The van der Waals surface area contributed by atoms with Crippen molar-refractivity contribution >= 4 is 42.4 Å². The normalized spacial score (nSPS) is 10.6. The average molecular weight is 258 g/mol. The number of nitrogens with two attached hydrogens (primary N) is 1. The Morgan fingerprint density at radius 2 is 2.23 bits per heavy atom. The summed E-state index contributed by atoms with van der Waals surface area (Å²) in [5.74, 6) is 0.779. The fourth-order valence-corrected chi connectivity index (χ4v) is 2.84. The van der Waals surface area contributed by atoms with Crippen molar-refractivity contribution in [2.75, 3.05) is 12.8 Å². The summed E-state index contributed by atoms with van der Waals surface area (Å²) in [7, 11) is 1.64. The summed E-state index contributed by atoms with van der Waals surface area (Å²) in [6.45, 7) is 0. The van der Waals surface area contributed by atoms with Crippen LogP contribution in [0.2, 0.25) is 0 Å². The predicted molar refractivity (Wildman–Crippen MR) is 60.5 cm³/mol. The Morgan fingerprint density at radius 3 is 2.92 bits per heavy atom. The molecule has 68 valence electrons. The number of fused-ring (bicyclic) bond motifs is 1. The number of halogens is 1. The summed E-state index contributed by atoms with van der Waals surface area (Å²) in [4.78, 5) is 0. The fourth-order valence-electron chi connectivity index (χ4n) is 1.29. The van der Waals surface area contributed by atoms with Crippen molar-refractivity contribution < 1.29 is 4.74 Å². The van der Waals surface area contributed by atoms with Gasteiger partial charge in [-0.1, -0.05) is 6.07 Å². The Morgan fingerprint density at radius 1 is 1.46 bits per heavy atom. The van der Waals surface area contributed by atoms with Gasteiger partial charge in [-0.25, -0.2) is 0 Å². The summed E-state index contributed by atoms with van der Waals surface area (Å²) in [5, 5.41) is 1.80. The standard InChI is InChI=1S/C9H8BrNOS/c1-12-7-5-3-2-4-6(10)8(5)13-9(7)11/h2-4H,11H2,1H3. The van der Waals surface area contributed by atoms with Crippen LogP contribution in [0.4, 0.5) is 5.00 Å². The Balaban J connectivity index is 2.86. The second-order valence-electron chi connectivity index (χ2n) is 2.62. The predicted octanol–water partition coefficient (Wildman–Crippen LogP) is 3.25. The lowest BCUT2D eigenvalue weighted by Crippen LogP contribution is -1.86. The van der Waals surface area contributed by atoms with E-state index in [-0.39, 0.29) is 0 Å². The van der Waals surface area contributed by atoms with Gasteiger partial charge in [-0.15, -0.1) is 11.3 Å². The molecule has 0 amide bonds. The molecule has 0 unspecified atom stereocenters. The van der Waals surface area contributed by atoms with E-state index in [0.29, 0.717) is 0 Å². The molecule has 0 aliphatic carbocycles. The van der Waals surface area contributed by atoms with E-state index in [1.807, 2.05) is 18.2 Å². The Hall–Kier alpha value is -0.740. The first kappa shape index (κ1) is 8.84. The molecule has 0 spiro atoms. The van der Waals surface area contributed by atoms with Crippen LogP contribution >= 0.6 is 27.3 Å². The summed E-state index contributed by atoms with van der Waals surface area (Å²) in [5.41, 5.74) is 5.81. The minimum Gasteiger partial charge on any atom is -0.493 e. The molecule has 0 saturated carbocycles. The molecule has 4 heteroatoms. The third-order valence-corrected chi connectivity index (χ3v) is 3.82. The molecule has 1 heterocycles. The lowest BCUT2D eigenvalue weighted by molar-refractivity contribution is 0.423. The van der Waals surface area contributed by atoms with Crippen molar-refractivity contribution in [2.45, 2.75) is 0 Å². The van der Waals surface area contributed by atoms with Crippen LogP contribution in [0.1, 0.15) is 0 Å². The number of rotatable bonds is 1. The highest BCUT2D eigenvalue weighted by Gasteiger charge is 2.11. The summed E-state index contributed by atoms with van der Waals surface area (Å²) >= 11 is 5.01. The van der Waals surface area contributed by atoms with E-state index >= 15 is 0 Å². The number of hydrogen-bond acceptors (Lipinski definition) is 3. The highest BCUT2D eigenvalue weighted by atomic mass is 79.9. The van der Waals surface area contributed by atoms with Crippen molar-refractivity contribution in [3.63, 3.8) is 0 Å². The first-order chi connectivity index (χ1) is 6.24. The molecule has 2 N–H and O–H groups in total. The van der Waals surface area contributed by atoms with E-state index in [9.17, 15) is 0 Å². The molecule has 0 radical (unpaired) electrons. The van der Waals surface area contributed by atoms with Crippen LogP contribution in [0.25, 0.3) is 10.1 Å². The second-order valence-corrected chi connectivity index (χ2v) is 4.52. The van der Waals surface area contributed by atoms with Gasteiger partial charge in [0.15, 0.2) is 5.75 Å². The van der Waals surface area contributed by atoms with Crippen molar-refractivity contribution in [1.29, 1.82) is 0 Å². The van der Waals surface area contributed by atoms with Gasteiger partial charge in [-0.2, -0.15) is 0 Å². The van der Waals surface area contributed by atoms with Crippen LogP contribution in [0, 0.1) is 0 Å². The van der Waals surface area contributed by atoms with Crippen LogP contribution in [-0.4, -0.2) is 7.11 Å². The van der Waals surface area contributed by atoms with E-state index in [1.54, 1.807) is 7.11 Å². The van der Waals surface area contributed by atoms with Gasteiger partial charge in [0.25, 0.3) is 0 Å². The van der Waals surface area contributed by atoms with E-state index in [1.165, 1.54) is 11.3 Å². The number of thiophene rings is 1.